The molecule has 0 saturated carbocycles. The van der Waals surface area contributed by atoms with E-state index in [0.717, 1.165) is 16.4 Å². The lowest BCUT2D eigenvalue weighted by Gasteiger charge is -2.38. The minimum absolute atomic E-state index is 0.0515. The minimum atomic E-state index is -0.552. The summed E-state index contributed by atoms with van der Waals surface area (Å²) in [7, 11) is 0. The van der Waals surface area contributed by atoms with E-state index in [0.29, 0.717) is 37.6 Å². The highest BCUT2D eigenvalue weighted by atomic mass is 32.1. The number of anilines is 2. The van der Waals surface area contributed by atoms with E-state index in [2.05, 4.69) is 20.5 Å². The highest BCUT2D eigenvalue weighted by Crippen LogP contribution is 2.28. The zero-order valence-corrected chi connectivity index (χ0v) is 20.3. The Hall–Kier alpha value is -3.21. The molecule has 1 unspecified atom stereocenters. The average Bonchev–Trinajstić information content (AvgIpc) is 3.18. The first kappa shape index (κ1) is 23.9. The SMILES string of the molecule is CC(=O)NC[C@H]1CN(c2ccc(N3CCN(C(=S)C4=NC=C(C)NC4C)CC3)c(F)c2)C(=O)O1. The molecule has 3 aliphatic heterocycles. The van der Waals surface area contributed by atoms with Crippen molar-refractivity contribution in [3.8, 4) is 0 Å². The maximum absolute atomic E-state index is 15.0. The summed E-state index contributed by atoms with van der Waals surface area (Å²) in [6, 6.07) is 4.82. The van der Waals surface area contributed by atoms with Crippen LogP contribution in [-0.2, 0) is 9.53 Å². The second-order valence-corrected chi connectivity index (χ2v) is 9.05. The molecule has 3 aliphatic rings. The lowest BCUT2D eigenvalue weighted by Crippen LogP contribution is -2.53. The van der Waals surface area contributed by atoms with Gasteiger partial charge in [0, 0.05) is 45.0 Å². The molecule has 2 saturated heterocycles. The van der Waals surface area contributed by atoms with Gasteiger partial charge in [0.25, 0.3) is 0 Å². The fourth-order valence-corrected chi connectivity index (χ4v) is 4.71. The Balaban J connectivity index is 1.37. The van der Waals surface area contributed by atoms with Crippen molar-refractivity contribution in [2.24, 2.45) is 4.99 Å². The van der Waals surface area contributed by atoms with Crippen LogP contribution in [0.5, 0.6) is 0 Å². The summed E-state index contributed by atoms with van der Waals surface area (Å²) in [5.41, 5.74) is 2.77. The molecule has 182 valence electrons. The normalized spacial score (nSPS) is 22.6. The molecule has 34 heavy (non-hydrogen) atoms. The zero-order chi connectivity index (χ0) is 24.4. The van der Waals surface area contributed by atoms with E-state index >= 15 is 4.39 Å². The number of cyclic esters (lactones) is 1. The monoisotopic (exact) mass is 488 g/mol. The molecule has 1 aromatic carbocycles. The van der Waals surface area contributed by atoms with Crippen molar-refractivity contribution in [1.29, 1.82) is 0 Å². The third-order valence-electron chi connectivity index (χ3n) is 6.07. The van der Waals surface area contributed by atoms with Gasteiger partial charge in [0.05, 0.1) is 36.2 Å². The third kappa shape index (κ3) is 5.14. The molecule has 2 atom stereocenters. The Morgan fingerprint density at radius 1 is 1.32 bits per heavy atom. The Morgan fingerprint density at radius 2 is 2.06 bits per heavy atom. The summed E-state index contributed by atoms with van der Waals surface area (Å²) in [5.74, 6) is -0.600. The standard InChI is InChI=1S/C23H29FN6O3S/c1-14-11-26-21(15(2)27-14)22(34)29-8-6-28(7-9-29)20-5-4-17(10-19(20)24)30-13-18(33-23(30)32)12-25-16(3)31/h4-5,10-11,15,18,27H,6-9,12-13H2,1-3H3,(H,25,31)/t15?,18-/m0/s1. The van der Waals surface area contributed by atoms with Crippen LogP contribution in [0, 0.1) is 5.82 Å². The molecule has 1 aromatic rings. The fourth-order valence-electron chi connectivity index (χ4n) is 4.29. The molecular formula is C23H29FN6O3S. The third-order valence-corrected chi connectivity index (χ3v) is 6.54. The molecular weight excluding hydrogens is 459 g/mol. The van der Waals surface area contributed by atoms with Crippen molar-refractivity contribution < 1.29 is 18.7 Å². The summed E-state index contributed by atoms with van der Waals surface area (Å²) in [6.45, 7) is 8.44. The van der Waals surface area contributed by atoms with Crippen LogP contribution in [0.25, 0.3) is 0 Å². The van der Waals surface area contributed by atoms with Crippen LogP contribution < -0.4 is 20.4 Å². The van der Waals surface area contributed by atoms with E-state index in [-0.39, 0.29) is 25.0 Å². The lowest BCUT2D eigenvalue weighted by atomic mass is 10.1. The number of benzene rings is 1. The Kier molecular flexibility index (Phi) is 7.01. The number of hydrogen-bond donors (Lipinski definition) is 2. The van der Waals surface area contributed by atoms with E-state index in [1.165, 1.54) is 17.9 Å². The van der Waals surface area contributed by atoms with Crippen LogP contribution in [0.4, 0.5) is 20.6 Å². The Bertz CT molecular complexity index is 1050. The van der Waals surface area contributed by atoms with Gasteiger partial charge in [-0.05, 0) is 32.0 Å². The number of amides is 2. The van der Waals surface area contributed by atoms with Gasteiger partial charge in [-0.1, -0.05) is 12.2 Å². The highest BCUT2D eigenvalue weighted by Gasteiger charge is 2.33. The summed E-state index contributed by atoms with van der Waals surface area (Å²) in [5, 5.41) is 5.97. The van der Waals surface area contributed by atoms with Gasteiger partial charge in [0.2, 0.25) is 5.91 Å². The number of aliphatic imine (C=N–C) groups is 1. The van der Waals surface area contributed by atoms with E-state index in [1.807, 2.05) is 18.7 Å². The van der Waals surface area contributed by atoms with E-state index < -0.39 is 18.0 Å². The first-order valence-electron chi connectivity index (χ1n) is 11.3. The Morgan fingerprint density at radius 3 is 2.71 bits per heavy atom. The molecule has 2 N–H and O–H groups in total. The van der Waals surface area contributed by atoms with Crippen LogP contribution >= 0.6 is 12.2 Å². The molecule has 2 amide bonds. The number of nitrogens with zero attached hydrogens (tertiary/aromatic N) is 4. The molecule has 0 aromatic heterocycles. The number of halogens is 1. The summed E-state index contributed by atoms with van der Waals surface area (Å²) in [4.78, 5) is 34.0. The molecule has 11 heteroatoms. The Labute approximate surface area is 203 Å². The van der Waals surface area contributed by atoms with Crippen LogP contribution in [0.1, 0.15) is 20.8 Å². The van der Waals surface area contributed by atoms with E-state index in [1.54, 1.807) is 18.3 Å². The number of hydrogen-bond acceptors (Lipinski definition) is 7. The van der Waals surface area contributed by atoms with Crippen molar-refractivity contribution in [3.63, 3.8) is 0 Å². The summed E-state index contributed by atoms with van der Waals surface area (Å²) in [6.07, 6.45) is 0.763. The predicted molar refractivity (Wildman–Crippen MR) is 133 cm³/mol. The zero-order valence-electron chi connectivity index (χ0n) is 19.5. The van der Waals surface area contributed by atoms with Gasteiger partial charge in [0.15, 0.2) is 0 Å². The maximum Gasteiger partial charge on any atom is 0.414 e. The first-order valence-corrected chi connectivity index (χ1v) is 11.7. The van der Waals surface area contributed by atoms with Crippen LogP contribution in [0.15, 0.2) is 35.1 Å². The second-order valence-electron chi connectivity index (χ2n) is 8.66. The number of carbonyl (C=O) groups is 2. The topological polar surface area (TPSA) is 89.5 Å². The maximum atomic E-state index is 15.0. The number of nitrogens with one attached hydrogen (secondary N) is 2. The summed E-state index contributed by atoms with van der Waals surface area (Å²) >= 11 is 5.68. The molecule has 4 rings (SSSR count). The quantitative estimate of drug-likeness (QED) is 0.613. The lowest BCUT2D eigenvalue weighted by molar-refractivity contribution is -0.119. The highest BCUT2D eigenvalue weighted by molar-refractivity contribution is 7.82. The second kappa shape index (κ2) is 9.96. The van der Waals surface area contributed by atoms with Crippen LogP contribution in [0.2, 0.25) is 0 Å². The smallest absolute Gasteiger partial charge is 0.414 e. The van der Waals surface area contributed by atoms with Crippen molar-refractivity contribution in [2.45, 2.75) is 32.9 Å². The van der Waals surface area contributed by atoms with Gasteiger partial charge >= 0.3 is 6.09 Å². The average molecular weight is 489 g/mol. The van der Waals surface area contributed by atoms with Crippen LogP contribution in [0.3, 0.4) is 0 Å². The molecule has 0 aliphatic carbocycles. The molecule has 0 spiro atoms. The van der Waals surface area contributed by atoms with Gasteiger partial charge in [0.1, 0.15) is 16.9 Å². The van der Waals surface area contributed by atoms with E-state index in [9.17, 15) is 9.59 Å². The molecule has 9 nitrogen and oxygen atoms in total. The van der Waals surface area contributed by atoms with Crippen molar-refractivity contribution in [3.05, 3.63) is 35.9 Å². The molecule has 0 bridgehead atoms. The van der Waals surface area contributed by atoms with Gasteiger partial charge in [-0.3, -0.25) is 14.7 Å². The fraction of sp³-hybridized carbons (Fsp3) is 0.478. The van der Waals surface area contributed by atoms with Crippen molar-refractivity contribution in [1.82, 2.24) is 15.5 Å². The largest absolute Gasteiger partial charge is 0.442 e. The number of thiocarbonyl (C=S) groups is 1. The predicted octanol–water partition coefficient (Wildman–Crippen LogP) is 2.03. The van der Waals surface area contributed by atoms with Crippen LogP contribution in [-0.4, -0.2) is 79.0 Å². The minimum Gasteiger partial charge on any atom is -0.442 e. The van der Waals surface area contributed by atoms with Gasteiger partial charge in [-0.2, -0.15) is 0 Å². The number of ether oxygens (including phenoxy) is 1. The molecule has 2 fully saturated rings. The number of allylic oxidation sites excluding steroid dienone is 1. The molecule has 0 radical (unpaired) electrons. The van der Waals surface area contributed by atoms with Gasteiger partial charge in [-0.15, -0.1) is 0 Å². The summed E-state index contributed by atoms with van der Waals surface area (Å²) < 4.78 is 20.3. The number of carbonyl (C=O) groups excluding carboxylic acids is 2. The first-order chi connectivity index (χ1) is 16.2. The van der Waals surface area contributed by atoms with Crippen molar-refractivity contribution >= 4 is 46.3 Å². The van der Waals surface area contributed by atoms with Gasteiger partial charge in [-0.25, -0.2) is 9.18 Å². The van der Waals surface area contributed by atoms with Gasteiger partial charge < -0.3 is 25.2 Å². The number of piperazine rings is 1. The molecule has 3 heterocycles. The van der Waals surface area contributed by atoms with E-state index in [4.69, 9.17) is 17.0 Å². The van der Waals surface area contributed by atoms with Crippen molar-refractivity contribution in [2.75, 3.05) is 49.1 Å². The number of rotatable bonds is 5.